The summed E-state index contributed by atoms with van der Waals surface area (Å²) in [6.45, 7) is 10.2. The first-order valence-corrected chi connectivity index (χ1v) is 6.17. The minimum absolute atomic E-state index is 0.518. The quantitative estimate of drug-likeness (QED) is 0.651. The second-order valence-electron chi connectivity index (χ2n) is 3.08. The molecule has 1 aliphatic rings. The molecule has 0 fully saturated rings. The van der Waals surface area contributed by atoms with Gasteiger partial charge >= 0.3 is 0 Å². The summed E-state index contributed by atoms with van der Waals surface area (Å²) >= 11 is 0. The fourth-order valence-electron chi connectivity index (χ4n) is 1.38. The third-order valence-electron chi connectivity index (χ3n) is 2.02. The fraction of sp³-hybridized carbons (Fsp3) is 0.400. The SMILES string of the molecule is CC.CC.CC1C=CC=c2cnccc2=C1. The van der Waals surface area contributed by atoms with Crippen molar-refractivity contribution in [3.8, 4) is 0 Å². The topological polar surface area (TPSA) is 12.9 Å². The predicted octanol–water partition coefficient (Wildman–Crippen LogP) is 2.90. The molecule has 0 N–H and O–H groups in total. The molecule has 1 atom stereocenters. The summed E-state index contributed by atoms with van der Waals surface area (Å²) in [6, 6.07) is 2.05. The largest absolute Gasteiger partial charge is 0.264 e. The van der Waals surface area contributed by atoms with Crippen LogP contribution in [0.3, 0.4) is 0 Å². The summed E-state index contributed by atoms with van der Waals surface area (Å²) in [6.07, 6.45) is 12.4. The lowest BCUT2D eigenvalue weighted by atomic mass is 10.1. The molecule has 16 heavy (non-hydrogen) atoms. The summed E-state index contributed by atoms with van der Waals surface area (Å²) in [5.74, 6) is 0.518. The second-order valence-corrected chi connectivity index (χ2v) is 3.08. The van der Waals surface area contributed by atoms with Crippen molar-refractivity contribution in [1.82, 2.24) is 4.98 Å². The first kappa shape index (κ1) is 14.6. The van der Waals surface area contributed by atoms with Gasteiger partial charge in [-0.2, -0.15) is 0 Å². The monoisotopic (exact) mass is 217 g/mol. The smallest absolute Gasteiger partial charge is 0.0346 e. The second kappa shape index (κ2) is 8.90. The molecule has 0 spiro atoms. The van der Waals surface area contributed by atoms with Crippen LogP contribution >= 0.6 is 0 Å². The van der Waals surface area contributed by atoms with Gasteiger partial charge in [-0.15, -0.1) is 0 Å². The van der Waals surface area contributed by atoms with Gasteiger partial charge in [0.2, 0.25) is 0 Å². The Morgan fingerprint density at radius 3 is 2.44 bits per heavy atom. The number of allylic oxidation sites excluding steroid dienone is 2. The van der Waals surface area contributed by atoms with Crippen molar-refractivity contribution in [2.75, 3.05) is 0 Å². The van der Waals surface area contributed by atoms with E-state index < -0.39 is 0 Å². The number of aromatic nitrogens is 1. The zero-order chi connectivity index (χ0) is 12.4. The van der Waals surface area contributed by atoms with Crippen LogP contribution in [0, 0.1) is 5.92 Å². The number of fused-ring (bicyclic) bond motifs is 1. The van der Waals surface area contributed by atoms with Crippen molar-refractivity contribution in [3.05, 3.63) is 41.0 Å². The van der Waals surface area contributed by atoms with Crippen molar-refractivity contribution in [1.29, 1.82) is 0 Å². The highest BCUT2D eigenvalue weighted by atomic mass is 14.6. The Morgan fingerprint density at radius 1 is 1.06 bits per heavy atom. The van der Waals surface area contributed by atoms with Crippen LogP contribution in [0.1, 0.15) is 34.6 Å². The molecule has 0 bridgehead atoms. The van der Waals surface area contributed by atoms with Gasteiger partial charge in [0.15, 0.2) is 0 Å². The van der Waals surface area contributed by atoms with Crippen LogP contribution in [0.15, 0.2) is 30.6 Å². The molecular formula is C15H23N. The van der Waals surface area contributed by atoms with Crippen LogP contribution in [0.4, 0.5) is 0 Å². The Hall–Kier alpha value is -1.37. The first-order valence-electron chi connectivity index (χ1n) is 6.17. The molecule has 88 valence electrons. The Balaban J connectivity index is 0.000000509. The van der Waals surface area contributed by atoms with E-state index in [-0.39, 0.29) is 0 Å². The highest BCUT2D eigenvalue weighted by molar-refractivity contribution is 5.44. The minimum Gasteiger partial charge on any atom is -0.264 e. The Kier molecular flexibility index (Phi) is 8.14. The fourth-order valence-corrected chi connectivity index (χ4v) is 1.38. The summed E-state index contributed by atoms with van der Waals surface area (Å²) in [4.78, 5) is 4.08. The van der Waals surface area contributed by atoms with E-state index in [9.17, 15) is 0 Å². The molecule has 1 aromatic rings. The third kappa shape index (κ3) is 4.43. The van der Waals surface area contributed by atoms with Crippen LogP contribution in [-0.2, 0) is 0 Å². The van der Waals surface area contributed by atoms with Crippen molar-refractivity contribution >= 4 is 12.2 Å². The zero-order valence-corrected chi connectivity index (χ0v) is 11.1. The van der Waals surface area contributed by atoms with Gasteiger partial charge < -0.3 is 0 Å². The predicted molar refractivity (Wildman–Crippen MR) is 73.4 cm³/mol. The van der Waals surface area contributed by atoms with Gasteiger partial charge in [-0.05, 0) is 22.4 Å². The summed E-state index contributed by atoms with van der Waals surface area (Å²) in [5.41, 5.74) is 0. The highest BCUT2D eigenvalue weighted by Crippen LogP contribution is 1.99. The first-order chi connectivity index (χ1) is 7.86. The van der Waals surface area contributed by atoms with Gasteiger partial charge in [0.1, 0.15) is 0 Å². The third-order valence-corrected chi connectivity index (χ3v) is 2.02. The van der Waals surface area contributed by atoms with Gasteiger partial charge in [-0.1, -0.05) is 58.9 Å². The van der Waals surface area contributed by atoms with Crippen LogP contribution in [0.5, 0.6) is 0 Å². The number of nitrogens with zero attached hydrogens (tertiary/aromatic N) is 1. The molecule has 0 aliphatic heterocycles. The normalized spacial score (nSPS) is 15.9. The minimum atomic E-state index is 0.518. The van der Waals surface area contributed by atoms with Crippen molar-refractivity contribution in [3.63, 3.8) is 0 Å². The molecule has 2 rings (SSSR count). The van der Waals surface area contributed by atoms with E-state index >= 15 is 0 Å². The molecule has 0 saturated heterocycles. The van der Waals surface area contributed by atoms with Crippen molar-refractivity contribution < 1.29 is 0 Å². The molecule has 0 radical (unpaired) electrons. The Bertz CT molecular complexity index is 415. The van der Waals surface area contributed by atoms with Crippen molar-refractivity contribution in [2.24, 2.45) is 5.92 Å². The molecule has 0 amide bonds. The lowest BCUT2D eigenvalue weighted by Crippen LogP contribution is -2.24. The van der Waals surface area contributed by atoms with Gasteiger partial charge in [-0.25, -0.2) is 0 Å². The van der Waals surface area contributed by atoms with E-state index in [1.165, 1.54) is 10.4 Å². The maximum absolute atomic E-state index is 4.08. The lowest BCUT2D eigenvalue weighted by Gasteiger charge is -1.93. The molecule has 1 unspecified atom stereocenters. The maximum Gasteiger partial charge on any atom is 0.0346 e. The van der Waals surface area contributed by atoms with E-state index in [1.807, 2.05) is 40.1 Å². The lowest BCUT2D eigenvalue weighted by molar-refractivity contribution is 0.997. The van der Waals surface area contributed by atoms with Crippen LogP contribution < -0.4 is 10.4 Å². The van der Waals surface area contributed by atoms with Crippen LogP contribution in [0.2, 0.25) is 0 Å². The highest BCUT2D eigenvalue weighted by Gasteiger charge is 1.93. The summed E-state index contributed by atoms with van der Waals surface area (Å²) in [5, 5.41) is 2.49. The molecule has 0 saturated carbocycles. The Labute approximate surface area is 99.2 Å². The number of hydrogen-bond donors (Lipinski definition) is 0. The summed E-state index contributed by atoms with van der Waals surface area (Å²) < 4.78 is 0. The van der Waals surface area contributed by atoms with Crippen molar-refractivity contribution in [2.45, 2.75) is 34.6 Å². The van der Waals surface area contributed by atoms with Crippen LogP contribution in [0.25, 0.3) is 12.2 Å². The molecule has 1 heterocycles. The maximum atomic E-state index is 4.08. The zero-order valence-electron chi connectivity index (χ0n) is 11.1. The average Bonchev–Trinajstić information content (AvgIpc) is 2.55. The van der Waals surface area contributed by atoms with E-state index in [0.717, 1.165) is 0 Å². The van der Waals surface area contributed by atoms with E-state index in [2.05, 4.69) is 42.3 Å². The number of hydrogen-bond acceptors (Lipinski definition) is 1. The molecule has 1 heteroatoms. The van der Waals surface area contributed by atoms with Crippen LogP contribution in [-0.4, -0.2) is 4.98 Å². The molecule has 0 aromatic carbocycles. The molecule has 1 nitrogen and oxygen atoms in total. The number of pyridine rings is 1. The standard InChI is InChI=1S/C11H11N.2C2H6/c1-9-3-2-4-11-8-12-6-5-10(11)7-9;2*1-2/h2-9H,1H3;2*1-2H3. The molecule has 1 aliphatic carbocycles. The van der Waals surface area contributed by atoms with Gasteiger partial charge in [-0.3, -0.25) is 4.98 Å². The van der Waals surface area contributed by atoms with Gasteiger partial charge in [0.05, 0.1) is 0 Å². The number of rotatable bonds is 0. The molecular weight excluding hydrogens is 194 g/mol. The van der Waals surface area contributed by atoms with Gasteiger partial charge in [0, 0.05) is 12.4 Å². The van der Waals surface area contributed by atoms with E-state index in [1.54, 1.807) is 0 Å². The van der Waals surface area contributed by atoms with E-state index in [0.29, 0.717) is 5.92 Å². The van der Waals surface area contributed by atoms with Gasteiger partial charge in [0.25, 0.3) is 0 Å². The molecule has 1 aromatic heterocycles. The van der Waals surface area contributed by atoms with E-state index in [4.69, 9.17) is 0 Å². The Morgan fingerprint density at radius 2 is 1.75 bits per heavy atom. The summed E-state index contributed by atoms with van der Waals surface area (Å²) in [7, 11) is 0. The average molecular weight is 217 g/mol.